The summed E-state index contributed by atoms with van der Waals surface area (Å²) in [5.41, 5.74) is 1.48. The zero-order valence-corrected chi connectivity index (χ0v) is 21.5. The van der Waals surface area contributed by atoms with E-state index >= 15 is 0 Å². The zero-order chi connectivity index (χ0) is 26.1. The van der Waals surface area contributed by atoms with E-state index in [0.29, 0.717) is 16.0 Å². The molecule has 0 radical (unpaired) electrons. The van der Waals surface area contributed by atoms with Crippen LogP contribution in [0.2, 0.25) is 0 Å². The number of phenols is 1. The van der Waals surface area contributed by atoms with E-state index in [1.807, 2.05) is 26.0 Å². The molecule has 0 unspecified atom stereocenters. The minimum absolute atomic E-state index is 0.0567. The number of benzene rings is 1. The van der Waals surface area contributed by atoms with Crippen LogP contribution in [0.5, 0.6) is 5.75 Å². The number of carbonyl (C=O) groups excluding carboxylic acids is 3. The van der Waals surface area contributed by atoms with Crippen LogP contribution in [0.1, 0.15) is 63.7 Å². The van der Waals surface area contributed by atoms with E-state index < -0.39 is 17.7 Å². The normalized spacial score (nSPS) is 11.0. The molecule has 0 saturated carbocycles. The zero-order valence-electron chi connectivity index (χ0n) is 20.6. The molecule has 8 nitrogen and oxygen atoms in total. The Hall–Kier alpha value is -3.64. The average Bonchev–Trinajstić information content (AvgIpc) is 3.15. The van der Waals surface area contributed by atoms with Crippen molar-refractivity contribution in [1.82, 2.24) is 0 Å². The number of esters is 2. The predicted octanol–water partition coefficient (Wildman–Crippen LogP) is 4.68. The maximum Gasteiger partial charge on any atom is 0.348 e. The highest BCUT2D eigenvalue weighted by Gasteiger charge is 2.28. The smallest absolute Gasteiger partial charge is 0.348 e. The van der Waals surface area contributed by atoms with E-state index in [1.165, 1.54) is 6.08 Å². The number of allylic oxidation sites excluding steroid dienone is 1. The van der Waals surface area contributed by atoms with Crippen LogP contribution in [-0.4, -0.2) is 49.1 Å². The highest BCUT2D eigenvalue weighted by atomic mass is 32.1. The van der Waals surface area contributed by atoms with Crippen molar-refractivity contribution in [3.8, 4) is 11.8 Å². The quantitative estimate of drug-likeness (QED) is 0.270. The van der Waals surface area contributed by atoms with Gasteiger partial charge in [0.2, 0.25) is 0 Å². The Balaban J connectivity index is 2.42. The van der Waals surface area contributed by atoms with E-state index in [0.717, 1.165) is 30.1 Å². The fourth-order valence-corrected chi connectivity index (χ4v) is 4.76. The summed E-state index contributed by atoms with van der Waals surface area (Å²) >= 11 is 0.976. The largest absolute Gasteiger partial charge is 0.507 e. The summed E-state index contributed by atoms with van der Waals surface area (Å²) in [6.45, 7) is 10.8. The molecule has 1 aromatic carbocycles. The van der Waals surface area contributed by atoms with E-state index in [9.17, 15) is 24.8 Å². The van der Waals surface area contributed by atoms with Gasteiger partial charge in [0.1, 0.15) is 16.7 Å². The second-order valence-electron chi connectivity index (χ2n) is 7.48. The Morgan fingerprint density at radius 3 is 2.26 bits per heavy atom. The number of hydrogen-bond donors (Lipinski definition) is 1. The lowest BCUT2D eigenvalue weighted by atomic mass is 10.0. The molecule has 2 rings (SSSR count). The molecule has 0 aliphatic heterocycles. The van der Waals surface area contributed by atoms with Gasteiger partial charge in [-0.2, -0.15) is 5.26 Å². The van der Waals surface area contributed by atoms with Crippen LogP contribution in [-0.2, 0) is 20.7 Å². The molecule has 9 heteroatoms. The lowest BCUT2D eigenvalue weighted by Gasteiger charge is -2.21. The number of thiophene rings is 1. The Kier molecular flexibility index (Phi) is 10.0. The number of rotatable bonds is 11. The maximum absolute atomic E-state index is 13.0. The number of ether oxygens (including phenoxy) is 2. The molecule has 0 fully saturated rings. The average molecular weight is 499 g/mol. The third-order valence-electron chi connectivity index (χ3n) is 5.34. The highest BCUT2D eigenvalue weighted by molar-refractivity contribution is 7.14. The SMILES string of the molecule is CCOC(=O)c1sc(CC(=O)/C(C#N)=C/c2ccc(N(CC)CC)cc2O)c(C(=O)OCC)c1C. The van der Waals surface area contributed by atoms with Crippen LogP contribution in [0, 0.1) is 18.3 Å². The molecule has 0 aliphatic carbocycles. The molecule has 0 saturated heterocycles. The molecule has 186 valence electrons. The molecule has 0 aliphatic rings. The molecule has 0 amide bonds. The van der Waals surface area contributed by atoms with Gasteiger partial charge in [-0.1, -0.05) is 0 Å². The lowest BCUT2D eigenvalue weighted by molar-refractivity contribution is -0.114. The van der Waals surface area contributed by atoms with E-state index in [1.54, 1.807) is 32.9 Å². The topological polar surface area (TPSA) is 117 Å². The molecule has 35 heavy (non-hydrogen) atoms. The van der Waals surface area contributed by atoms with Crippen molar-refractivity contribution in [2.24, 2.45) is 0 Å². The first-order chi connectivity index (χ1) is 16.7. The van der Waals surface area contributed by atoms with Gasteiger partial charge in [-0.3, -0.25) is 4.79 Å². The summed E-state index contributed by atoms with van der Waals surface area (Å²) in [5, 5.41) is 20.1. The van der Waals surface area contributed by atoms with Crippen molar-refractivity contribution in [2.75, 3.05) is 31.2 Å². The minimum atomic E-state index is -0.647. The van der Waals surface area contributed by atoms with Gasteiger partial charge in [-0.05, 0) is 58.4 Å². The van der Waals surface area contributed by atoms with Crippen LogP contribution in [0.3, 0.4) is 0 Å². The molecular weight excluding hydrogens is 468 g/mol. The van der Waals surface area contributed by atoms with E-state index in [-0.39, 0.29) is 41.4 Å². The Morgan fingerprint density at radius 1 is 1.09 bits per heavy atom. The lowest BCUT2D eigenvalue weighted by Crippen LogP contribution is -2.21. The second kappa shape index (κ2) is 12.7. The first-order valence-corrected chi connectivity index (χ1v) is 12.2. The van der Waals surface area contributed by atoms with Gasteiger partial charge in [0.15, 0.2) is 5.78 Å². The molecule has 1 heterocycles. The van der Waals surface area contributed by atoms with Crippen LogP contribution in [0.15, 0.2) is 23.8 Å². The number of anilines is 1. The third-order valence-corrected chi connectivity index (χ3v) is 6.62. The van der Waals surface area contributed by atoms with Crippen molar-refractivity contribution >= 4 is 40.8 Å². The number of ketones is 1. The summed E-state index contributed by atoms with van der Waals surface area (Å²) in [7, 11) is 0. The second-order valence-corrected chi connectivity index (χ2v) is 8.59. The number of hydrogen-bond acceptors (Lipinski definition) is 9. The minimum Gasteiger partial charge on any atom is -0.507 e. The van der Waals surface area contributed by atoms with Gasteiger partial charge in [0.05, 0.1) is 24.4 Å². The van der Waals surface area contributed by atoms with E-state index in [2.05, 4.69) is 4.90 Å². The van der Waals surface area contributed by atoms with Gasteiger partial charge in [-0.25, -0.2) is 9.59 Å². The number of aromatic hydroxyl groups is 1. The molecule has 1 N–H and O–H groups in total. The molecule has 2 aromatic rings. The molecule has 0 spiro atoms. The Morgan fingerprint density at radius 2 is 1.71 bits per heavy atom. The number of phenolic OH excluding ortho intramolecular Hbond substituents is 1. The summed E-state index contributed by atoms with van der Waals surface area (Å²) in [5.74, 6) is -1.85. The molecule has 1 aromatic heterocycles. The van der Waals surface area contributed by atoms with Crippen LogP contribution in [0.4, 0.5) is 5.69 Å². The Bertz CT molecular complexity index is 1170. The predicted molar refractivity (Wildman–Crippen MR) is 135 cm³/mol. The van der Waals surface area contributed by atoms with Crippen LogP contribution < -0.4 is 4.90 Å². The molecule has 0 atom stereocenters. The summed E-state index contributed by atoms with van der Waals surface area (Å²) in [6.07, 6.45) is 1.04. The van der Waals surface area contributed by atoms with Crippen molar-refractivity contribution in [3.05, 3.63) is 50.2 Å². The third kappa shape index (κ3) is 6.49. The van der Waals surface area contributed by atoms with Crippen molar-refractivity contribution in [3.63, 3.8) is 0 Å². The molecule has 0 bridgehead atoms. The van der Waals surface area contributed by atoms with Crippen LogP contribution in [0.25, 0.3) is 6.08 Å². The van der Waals surface area contributed by atoms with Gasteiger partial charge in [0.25, 0.3) is 0 Å². The Labute approximate surface area is 209 Å². The van der Waals surface area contributed by atoms with Gasteiger partial charge in [-0.15, -0.1) is 11.3 Å². The standard InChI is InChI=1S/C26H30N2O6S/c1-6-28(7-2)19-11-10-17(20(29)13-19)12-18(15-27)21(30)14-22-23(25(31)33-8-3)16(5)24(35-22)26(32)34-9-4/h10-13,29H,6-9,14H2,1-5H3/b18-12+. The number of carbonyl (C=O) groups is 3. The van der Waals surface area contributed by atoms with Crippen LogP contribution >= 0.6 is 11.3 Å². The molecular formula is C26H30N2O6S. The monoisotopic (exact) mass is 498 g/mol. The maximum atomic E-state index is 13.0. The summed E-state index contributed by atoms with van der Waals surface area (Å²) in [4.78, 5) is 40.5. The fourth-order valence-electron chi connectivity index (χ4n) is 3.57. The number of nitrogens with zero attached hydrogens (tertiary/aromatic N) is 2. The van der Waals surface area contributed by atoms with Crippen molar-refractivity contribution in [2.45, 2.75) is 41.0 Å². The number of nitriles is 1. The highest BCUT2D eigenvalue weighted by Crippen LogP contribution is 2.32. The number of Topliss-reactive ketones (excluding diaryl/α,β-unsaturated/α-hetero) is 1. The fraction of sp³-hybridized carbons (Fsp3) is 0.385. The van der Waals surface area contributed by atoms with Gasteiger partial charge >= 0.3 is 11.9 Å². The van der Waals surface area contributed by atoms with Gasteiger partial charge in [0, 0.05) is 41.7 Å². The van der Waals surface area contributed by atoms with E-state index in [4.69, 9.17) is 9.47 Å². The van der Waals surface area contributed by atoms with Gasteiger partial charge < -0.3 is 19.5 Å². The van der Waals surface area contributed by atoms with Crippen molar-refractivity contribution < 1.29 is 29.0 Å². The van der Waals surface area contributed by atoms with Crippen molar-refractivity contribution in [1.29, 1.82) is 5.26 Å². The summed E-state index contributed by atoms with van der Waals surface area (Å²) < 4.78 is 10.2. The first kappa shape index (κ1) is 27.6. The first-order valence-electron chi connectivity index (χ1n) is 11.4. The summed E-state index contributed by atoms with van der Waals surface area (Å²) in [6, 6.07) is 6.93.